The Morgan fingerprint density at radius 1 is 1.21 bits per heavy atom. The van der Waals surface area contributed by atoms with Gasteiger partial charge in [-0.3, -0.25) is 14.6 Å². The van der Waals surface area contributed by atoms with E-state index in [2.05, 4.69) is 11.9 Å². The molecule has 2 atom stereocenters. The van der Waals surface area contributed by atoms with Crippen LogP contribution in [0.2, 0.25) is 0 Å². The number of hydrogen-bond donors (Lipinski definition) is 0. The molecule has 0 bridgehead atoms. The van der Waals surface area contributed by atoms with Gasteiger partial charge in [0.1, 0.15) is 0 Å². The van der Waals surface area contributed by atoms with Crippen LogP contribution in [0.1, 0.15) is 31.7 Å². The minimum absolute atomic E-state index is 0.0747. The third-order valence-electron chi connectivity index (χ3n) is 5.38. The summed E-state index contributed by atoms with van der Waals surface area (Å²) >= 11 is 0. The first-order valence-electron chi connectivity index (χ1n) is 8.99. The Balaban J connectivity index is 1.45. The van der Waals surface area contributed by atoms with Gasteiger partial charge in [0, 0.05) is 39.1 Å². The standard InChI is InChI=1S/C19H27N3O2/c1-14-5-11-22(12-6-14)19(24)17-13-16(17)18(23)21(2)10-7-15-3-8-20-9-4-15/h3-4,8-9,14,16-17H,5-7,10-13H2,1-2H3. The number of nitrogens with zero attached hydrogens (tertiary/aromatic N) is 3. The van der Waals surface area contributed by atoms with Crippen molar-refractivity contribution in [2.24, 2.45) is 17.8 Å². The van der Waals surface area contributed by atoms with Crippen LogP contribution in [0, 0.1) is 17.8 Å². The van der Waals surface area contributed by atoms with E-state index in [0.717, 1.165) is 38.8 Å². The number of carbonyl (C=O) groups excluding carboxylic acids is 2. The zero-order valence-electron chi connectivity index (χ0n) is 14.6. The number of piperidine rings is 1. The molecule has 0 N–H and O–H groups in total. The number of carbonyl (C=O) groups is 2. The van der Waals surface area contributed by atoms with E-state index in [-0.39, 0.29) is 23.7 Å². The van der Waals surface area contributed by atoms with Crippen molar-refractivity contribution in [1.29, 1.82) is 0 Å². The van der Waals surface area contributed by atoms with Crippen LogP contribution in [0.25, 0.3) is 0 Å². The molecule has 24 heavy (non-hydrogen) atoms. The molecule has 1 aromatic rings. The molecule has 3 rings (SSSR count). The predicted octanol–water partition coefficient (Wildman–Crippen LogP) is 1.98. The summed E-state index contributed by atoms with van der Waals surface area (Å²) in [5.74, 6) is 0.856. The van der Waals surface area contributed by atoms with Gasteiger partial charge < -0.3 is 9.80 Å². The maximum Gasteiger partial charge on any atom is 0.226 e. The van der Waals surface area contributed by atoms with Crippen LogP contribution in [-0.4, -0.2) is 53.3 Å². The van der Waals surface area contributed by atoms with Gasteiger partial charge >= 0.3 is 0 Å². The van der Waals surface area contributed by atoms with Crippen LogP contribution in [0.3, 0.4) is 0 Å². The molecule has 0 radical (unpaired) electrons. The van der Waals surface area contributed by atoms with Gasteiger partial charge in [-0.05, 0) is 49.3 Å². The van der Waals surface area contributed by atoms with Gasteiger partial charge in [-0.25, -0.2) is 0 Å². The number of likely N-dealkylation sites (N-methyl/N-ethyl adjacent to an activating group) is 1. The van der Waals surface area contributed by atoms with Crippen molar-refractivity contribution < 1.29 is 9.59 Å². The number of rotatable bonds is 5. The molecule has 2 aliphatic rings. The Hall–Kier alpha value is -1.91. The Morgan fingerprint density at radius 2 is 1.88 bits per heavy atom. The monoisotopic (exact) mass is 329 g/mol. The summed E-state index contributed by atoms with van der Waals surface area (Å²) in [6.07, 6.45) is 7.26. The summed E-state index contributed by atoms with van der Waals surface area (Å²) in [4.78, 5) is 32.8. The predicted molar refractivity (Wildman–Crippen MR) is 92.2 cm³/mol. The topological polar surface area (TPSA) is 53.5 Å². The van der Waals surface area contributed by atoms with Crippen molar-refractivity contribution >= 4 is 11.8 Å². The highest BCUT2D eigenvalue weighted by Gasteiger charge is 2.50. The summed E-state index contributed by atoms with van der Waals surface area (Å²) < 4.78 is 0. The van der Waals surface area contributed by atoms with Crippen LogP contribution in [0.15, 0.2) is 24.5 Å². The molecular formula is C19H27N3O2. The van der Waals surface area contributed by atoms with E-state index < -0.39 is 0 Å². The van der Waals surface area contributed by atoms with Gasteiger partial charge in [0.15, 0.2) is 0 Å². The summed E-state index contributed by atoms with van der Waals surface area (Å²) in [6.45, 7) is 4.63. The number of aromatic nitrogens is 1. The van der Waals surface area contributed by atoms with Crippen molar-refractivity contribution in [2.45, 2.75) is 32.6 Å². The normalized spacial score (nSPS) is 23.8. The number of pyridine rings is 1. The summed E-state index contributed by atoms with van der Waals surface area (Å²) in [5.41, 5.74) is 1.18. The molecule has 2 heterocycles. The molecule has 1 aromatic heterocycles. The van der Waals surface area contributed by atoms with E-state index in [1.54, 1.807) is 17.3 Å². The van der Waals surface area contributed by atoms with Crippen molar-refractivity contribution in [2.75, 3.05) is 26.7 Å². The van der Waals surface area contributed by atoms with Gasteiger partial charge in [0.05, 0.1) is 11.8 Å². The van der Waals surface area contributed by atoms with Crippen LogP contribution in [0.5, 0.6) is 0 Å². The van der Waals surface area contributed by atoms with E-state index in [4.69, 9.17) is 0 Å². The molecule has 1 saturated heterocycles. The number of amides is 2. The van der Waals surface area contributed by atoms with Crippen molar-refractivity contribution in [3.8, 4) is 0 Å². The Morgan fingerprint density at radius 3 is 2.54 bits per heavy atom. The third-order valence-corrected chi connectivity index (χ3v) is 5.38. The Kier molecular flexibility index (Phi) is 5.17. The number of likely N-dealkylation sites (tertiary alicyclic amines) is 1. The van der Waals surface area contributed by atoms with E-state index in [1.165, 1.54) is 5.56 Å². The minimum Gasteiger partial charge on any atom is -0.345 e. The lowest BCUT2D eigenvalue weighted by Gasteiger charge is -2.30. The highest BCUT2D eigenvalue weighted by Crippen LogP contribution is 2.41. The maximum atomic E-state index is 12.5. The first-order chi connectivity index (χ1) is 11.6. The van der Waals surface area contributed by atoms with E-state index >= 15 is 0 Å². The summed E-state index contributed by atoms with van der Waals surface area (Å²) in [6, 6.07) is 3.94. The molecule has 0 spiro atoms. The first-order valence-corrected chi connectivity index (χ1v) is 8.99. The SMILES string of the molecule is CC1CCN(C(=O)C2CC2C(=O)N(C)CCc2ccncc2)CC1. The highest BCUT2D eigenvalue weighted by molar-refractivity contribution is 5.92. The highest BCUT2D eigenvalue weighted by atomic mass is 16.2. The minimum atomic E-state index is -0.0979. The summed E-state index contributed by atoms with van der Waals surface area (Å²) in [7, 11) is 1.84. The Bertz CT molecular complexity index is 582. The van der Waals surface area contributed by atoms with Gasteiger partial charge in [-0.1, -0.05) is 6.92 Å². The molecule has 130 valence electrons. The van der Waals surface area contributed by atoms with Crippen LogP contribution >= 0.6 is 0 Å². The molecule has 1 saturated carbocycles. The van der Waals surface area contributed by atoms with Gasteiger partial charge in [0.2, 0.25) is 11.8 Å². The fourth-order valence-corrected chi connectivity index (χ4v) is 3.44. The lowest BCUT2D eigenvalue weighted by Crippen LogP contribution is -2.40. The largest absolute Gasteiger partial charge is 0.345 e. The molecular weight excluding hydrogens is 302 g/mol. The second kappa shape index (κ2) is 7.32. The van der Waals surface area contributed by atoms with Crippen molar-refractivity contribution in [3.05, 3.63) is 30.1 Å². The molecule has 2 amide bonds. The quantitative estimate of drug-likeness (QED) is 0.830. The lowest BCUT2D eigenvalue weighted by atomic mass is 9.99. The van der Waals surface area contributed by atoms with Gasteiger partial charge in [-0.15, -0.1) is 0 Å². The second-order valence-electron chi connectivity index (χ2n) is 7.32. The fourth-order valence-electron chi connectivity index (χ4n) is 3.44. The van der Waals surface area contributed by atoms with Crippen LogP contribution < -0.4 is 0 Å². The first kappa shape index (κ1) is 16.9. The molecule has 0 aromatic carbocycles. The third kappa shape index (κ3) is 3.94. The van der Waals surface area contributed by atoms with Crippen molar-refractivity contribution in [1.82, 2.24) is 14.8 Å². The number of hydrogen-bond acceptors (Lipinski definition) is 3. The molecule has 1 aliphatic heterocycles. The van der Waals surface area contributed by atoms with Gasteiger partial charge in [0.25, 0.3) is 0 Å². The fraction of sp³-hybridized carbons (Fsp3) is 0.632. The van der Waals surface area contributed by atoms with E-state index in [1.807, 2.05) is 24.1 Å². The molecule has 5 nitrogen and oxygen atoms in total. The van der Waals surface area contributed by atoms with E-state index in [0.29, 0.717) is 12.5 Å². The van der Waals surface area contributed by atoms with Crippen molar-refractivity contribution in [3.63, 3.8) is 0 Å². The lowest BCUT2D eigenvalue weighted by molar-refractivity contribution is -0.138. The average molecular weight is 329 g/mol. The summed E-state index contributed by atoms with van der Waals surface area (Å²) in [5, 5.41) is 0. The van der Waals surface area contributed by atoms with Gasteiger partial charge in [-0.2, -0.15) is 0 Å². The Labute approximate surface area is 144 Å². The molecule has 2 unspecified atom stereocenters. The van der Waals surface area contributed by atoms with Crippen LogP contribution in [0.4, 0.5) is 0 Å². The maximum absolute atomic E-state index is 12.5. The zero-order valence-corrected chi connectivity index (χ0v) is 14.6. The van der Waals surface area contributed by atoms with Crippen LogP contribution in [-0.2, 0) is 16.0 Å². The zero-order chi connectivity index (χ0) is 17.1. The smallest absolute Gasteiger partial charge is 0.226 e. The molecule has 5 heteroatoms. The molecule has 2 fully saturated rings. The average Bonchev–Trinajstić information content (AvgIpc) is 3.40. The molecule has 1 aliphatic carbocycles. The second-order valence-corrected chi connectivity index (χ2v) is 7.32. The van der Waals surface area contributed by atoms with E-state index in [9.17, 15) is 9.59 Å².